The monoisotopic (exact) mass is 271 g/mol. The van der Waals surface area contributed by atoms with Crippen LogP contribution in [0, 0.1) is 0 Å². The van der Waals surface area contributed by atoms with Gasteiger partial charge in [0.1, 0.15) is 12.4 Å². The van der Waals surface area contributed by atoms with Gasteiger partial charge in [-0.15, -0.1) is 0 Å². The number of benzene rings is 2. The summed E-state index contributed by atoms with van der Waals surface area (Å²) >= 11 is 0. The minimum atomic E-state index is -0.0425. The van der Waals surface area contributed by atoms with Gasteiger partial charge in [-0.05, 0) is 25.2 Å². The molecule has 0 amide bonds. The highest BCUT2D eigenvalue weighted by Crippen LogP contribution is 2.33. The van der Waals surface area contributed by atoms with Gasteiger partial charge < -0.3 is 15.2 Å². The normalized spacial score (nSPS) is 20.2. The van der Waals surface area contributed by atoms with Crippen molar-refractivity contribution in [2.75, 3.05) is 13.2 Å². The van der Waals surface area contributed by atoms with Gasteiger partial charge in [0.05, 0.1) is 6.10 Å². The van der Waals surface area contributed by atoms with Gasteiger partial charge in [-0.2, -0.15) is 0 Å². The predicted molar refractivity (Wildman–Crippen MR) is 81.0 cm³/mol. The second kappa shape index (κ2) is 5.81. The molecule has 2 aromatic rings. The van der Waals surface area contributed by atoms with Crippen LogP contribution in [0.1, 0.15) is 31.4 Å². The van der Waals surface area contributed by atoms with Gasteiger partial charge >= 0.3 is 0 Å². The van der Waals surface area contributed by atoms with Crippen LogP contribution in [0.3, 0.4) is 0 Å². The second-order valence-electron chi connectivity index (χ2n) is 5.44. The van der Waals surface area contributed by atoms with Crippen molar-refractivity contribution in [1.82, 2.24) is 0 Å². The van der Waals surface area contributed by atoms with Crippen molar-refractivity contribution in [3.8, 4) is 5.75 Å². The lowest BCUT2D eigenvalue weighted by Crippen LogP contribution is -2.18. The molecule has 2 aromatic carbocycles. The molecule has 1 aliphatic rings. The highest BCUT2D eigenvalue weighted by Gasteiger charge is 2.18. The van der Waals surface area contributed by atoms with E-state index in [4.69, 9.17) is 15.2 Å². The van der Waals surface area contributed by atoms with Crippen molar-refractivity contribution in [3.05, 3.63) is 42.0 Å². The molecule has 20 heavy (non-hydrogen) atoms. The minimum Gasteiger partial charge on any atom is -0.490 e. The first-order valence-corrected chi connectivity index (χ1v) is 7.27. The van der Waals surface area contributed by atoms with Gasteiger partial charge in [0.2, 0.25) is 0 Å². The fraction of sp³-hybridized carbons (Fsp3) is 0.412. The Morgan fingerprint density at radius 3 is 2.90 bits per heavy atom. The van der Waals surface area contributed by atoms with Crippen molar-refractivity contribution >= 4 is 10.8 Å². The van der Waals surface area contributed by atoms with E-state index in [1.807, 2.05) is 19.1 Å². The lowest BCUT2D eigenvalue weighted by Gasteiger charge is -2.18. The molecule has 2 N–H and O–H groups in total. The Hall–Kier alpha value is -1.58. The van der Waals surface area contributed by atoms with E-state index in [1.54, 1.807) is 0 Å². The average Bonchev–Trinajstić information content (AvgIpc) is 2.97. The molecule has 0 bridgehead atoms. The largest absolute Gasteiger partial charge is 0.490 e. The van der Waals surface area contributed by atoms with E-state index >= 15 is 0 Å². The molecule has 3 nitrogen and oxygen atoms in total. The Morgan fingerprint density at radius 1 is 1.30 bits per heavy atom. The molecule has 0 saturated carbocycles. The third-order valence-corrected chi connectivity index (χ3v) is 3.84. The molecule has 2 atom stereocenters. The van der Waals surface area contributed by atoms with Crippen LogP contribution in [0.2, 0.25) is 0 Å². The summed E-state index contributed by atoms with van der Waals surface area (Å²) in [5.74, 6) is 0.911. The molecule has 0 aliphatic carbocycles. The smallest absolute Gasteiger partial charge is 0.132 e. The summed E-state index contributed by atoms with van der Waals surface area (Å²) in [5, 5.41) is 2.31. The number of ether oxygens (including phenoxy) is 2. The number of nitrogens with two attached hydrogens (primary N) is 1. The minimum absolute atomic E-state index is 0.0425. The maximum absolute atomic E-state index is 6.09. The van der Waals surface area contributed by atoms with E-state index in [-0.39, 0.29) is 12.1 Å². The topological polar surface area (TPSA) is 44.5 Å². The fourth-order valence-electron chi connectivity index (χ4n) is 2.73. The third-order valence-electron chi connectivity index (χ3n) is 3.84. The van der Waals surface area contributed by atoms with E-state index in [1.165, 1.54) is 5.39 Å². The lowest BCUT2D eigenvalue weighted by molar-refractivity contribution is 0.0681. The first-order chi connectivity index (χ1) is 9.75. The van der Waals surface area contributed by atoms with Crippen LogP contribution in [-0.2, 0) is 4.74 Å². The molecule has 3 rings (SSSR count). The quantitative estimate of drug-likeness (QED) is 0.926. The van der Waals surface area contributed by atoms with Crippen LogP contribution in [0.4, 0.5) is 0 Å². The van der Waals surface area contributed by atoms with E-state index < -0.39 is 0 Å². The summed E-state index contributed by atoms with van der Waals surface area (Å²) in [4.78, 5) is 0. The molecule has 1 saturated heterocycles. The summed E-state index contributed by atoms with van der Waals surface area (Å²) < 4.78 is 11.7. The molecular weight excluding hydrogens is 250 g/mol. The van der Waals surface area contributed by atoms with Crippen LogP contribution in [0.25, 0.3) is 10.8 Å². The highest BCUT2D eigenvalue weighted by molar-refractivity contribution is 5.89. The molecule has 1 unspecified atom stereocenters. The molecule has 0 spiro atoms. The van der Waals surface area contributed by atoms with Crippen LogP contribution >= 0.6 is 0 Å². The molecule has 3 heteroatoms. The van der Waals surface area contributed by atoms with Crippen LogP contribution in [0.5, 0.6) is 5.75 Å². The summed E-state index contributed by atoms with van der Waals surface area (Å²) in [7, 11) is 0. The number of fused-ring (bicyclic) bond motifs is 1. The maximum atomic E-state index is 6.09. The SMILES string of the molecule is C[C@@H](N)c1ccc2ccccc2c1OCC1CCCO1. The Morgan fingerprint density at radius 2 is 2.15 bits per heavy atom. The maximum Gasteiger partial charge on any atom is 0.132 e. The number of hydrogen-bond donors (Lipinski definition) is 1. The fourth-order valence-corrected chi connectivity index (χ4v) is 2.73. The van der Waals surface area contributed by atoms with Crippen LogP contribution in [-0.4, -0.2) is 19.3 Å². The molecule has 0 aromatic heterocycles. The first kappa shape index (κ1) is 13.4. The van der Waals surface area contributed by atoms with Crippen molar-refractivity contribution in [1.29, 1.82) is 0 Å². The van der Waals surface area contributed by atoms with Gasteiger partial charge in [-0.25, -0.2) is 0 Å². The van der Waals surface area contributed by atoms with E-state index in [0.29, 0.717) is 6.61 Å². The Balaban J connectivity index is 1.94. The van der Waals surface area contributed by atoms with Gasteiger partial charge in [-0.3, -0.25) is 0 Å². The molecular formula is C17H21NO2. The van der Waals surface area contributed by atoms with Crippen LogP contribution < -0.4 is 10.5 Å². The summed E-state index contributed by atoms with van der Waals surface area (Å²) in [6.45, 7) is 3.44. The summed E-state index contributed by atoms with van der Waals surface area (Å²) in [6, 6.07) is 12.4. The Kier molecular flexibility index (Phi) is 3.90. The van der Waals surface area contributed by atoms with E-state index in [0.717, 1.165) is 36.1 Å². The predicted octanol–water partition coefficient (Wildman–Crippen LogP) is 3.42. The first-order valence-electron chi connectivity index (χ1n) is 7.27. The summed E-state index contributed by atoms with van der Waals surface area (Å²) in [5.41, 5.74) is 7.14. The van der Waals surface area contributed by atoms with Gasteiger partial charge in [-0.1, -0.05) is 36.4 Å². The molecule has 1 aliphatic heterocycles. The molecule has 1 heterocycles. The van der Waals surface area contributed by atoms with Gasteiger partial charge in [0.25, 0.3) is 0 Å². The van der Waals surface area contributed by atoms with Crippen molar-refractivity contribution in [2.45, 2.75) is 31.9 Å². The molecule has 1 fully saturated rings. The standard InChI is InChI=1S/C17H21NO2/c1-12(18)15-9-8-13-5-2-3-7-16(13)17(15)20-11-14-6-4-10-19-14/h2-3,5,7-9,12,14H,4,6,10-11,18H2,1H3/t12-,14?/m1/s1. The second-order valence-corrected chi connectivity index (χ2v) is 5.44. The zero-order valence-corrected chi connectivity index (χ0v) is 11.8. The van der Waals surface area contributed by atoms with Gasteiger partial charge in [0.15, 0.2) is 0 Å². The lowest BCUT2D eigenvalue weighted by atomic mass is 10.0. The Bertz CT molecular complexity index is 589. The van der Waals surface area contributed by atoms with Crippen molar-refractivity contribution in [2.24, 2.45) is 5.73 Å². The van der Waals surface area contributed by atoms with E-state index in [2.05, 4.69) is 24.3 Å². The zero-order valence-electron chi connectivity index (χ0n) is 11.8. The Labute approximate surface area is 119 Å². The highest BCUT2D eigenvalue weighted by atomic mass is 16.5. The van der Waals surface area contributed by atoms with Crippen LogP contribution in [0.15, 0.2) is 36.4 Å². The van der Waals surface area contributed by atoms with E-state index in [9.17, 15) is 0 Å². The number of hydrogen-bond acceptors (Lipinski definition) is 3. The molecule has 106 valence electrons. The zero-order chi connectivity index (χ0) is 13.9. The van der Waals surface area contributed by atoms with Gasteiger partial charge in [0, 0.05) is 23.6 Å². The van der Waals surface area contributed by atoms with Crippen molar-refractivity contribution < 1.29 is 9.47 Å². The van der Waals surface area contributed by atoms with Crippen molar-refractivity contribution in [3.63, 3.8) is 0 Å². The average molecular weight is 271 g/mol. The molecule has 0 radical (unpaired) electrons. The third kappa shape index (κ3) is 2.65. The number of rotatable bonds is 4. The summed E-state index contributed by atoms with van der Waals surface area (Å²) in [6.07, 6.45) is 2.43.